The van der Waals surface area contributed by atoms with Gasteiger partial charge in [-0.1, -0.05) is 12.1 Å². The van der Waals surface area contributed by atoms with Crippen LogP contribution in [0.4, 0.5) is 0 Å². The number of nitrogens with one attached hydrogen (secondary N) is 1. The Kier molecular flexibility index (Phi) is 6.56. The van der Waals surface area contributed by atoms with Crippen molar-refractivity contribution >= 4 is 17.0 Å². The van der Waals surface area contributed by atoms with Crippen LogP contribution in [-0.2, 0) is 22.2 Å². The van der Waals surface area contributed by atoms with Crippen molar-refractivity contribution < 1.29 is 18.8 Å². The Morgan fingerprint density at radius 2 is 1.86 bits per heavy atom. The Morgan fingerprint density at radius 3 is 2.27 bits per heavy atom. The number of aliphatic carboxylic acids is 1. The molecular weight excluding hydrogens is 302 g/mol. The summed E-state index contributed by atoms with van der Waals surface area (Å²) in [6.07, 6.45) is 0.370. The number of carbonyl (C=O) groups is 1. The van der Waals surface area contributed by atoms with Gasteiger partial charge < -0.3 is 9.84 Å². The van der Waals surface area contributed by atoms with Gasteiger partial charge in [-0.25, -0.2) is 8.93 Å². The summed E-state index contributed by atoms with van der Waals surface area (Å²) in [5, 5.41) is 9.46. The van der Waals surface area contributed by atoms with Crippen LogP contribution in [0.25, 0.3) is 0 Å². The van der Waals surface area contributed by atoms with Crippen molar-refractivity contribution in [1.29, 1.82) is 0 Å². The van der Waals surface area contributed by atoms with Crippen LogP contribution in [0.1, 0.15) is 33.3 Å². The summed E-state index contributed by atoms with van der Waals surface area (Å²) in [6.45, 7) is 7.30. The zero-order valence-corrected chi connectivity index (χ0v) is 14.6. The number of rotatable bonds is 7. The third kappa shape index (κ3) is 5.42. The third-order valence-electron chi connectivity index (χ3n) is 3.38. The maximum atomic E-state index is 12.1. The fraction of sp³-hybridized carbons (Fsp3) is 0.562. The van der Waals surface area contributed by atoms with E-state index in [2.05, 4.69) is 4.72 Å². The average molecular weight is 327 g/mol. The highest BCUT2D eigenvalue weighted by Crippen LogP contribution is 2.18. The first-order chi connectivity index (χ1) is 10.1. The molecular formula is C16H25NO4S. The second-order valence-corrected chi connectivity index (χ2v) is 8.28. The van der Waals surface area contributed by atoms with Gasteiger partial charge in [0, 0.05) is 6.04 Å². The molecule has 0 saturated carbocycles. The SMILES string of the molecule is COc1ccc(C[C@H](C(=O)O)[C@@H](C)N[S@](=O)C(C)(C)C)cc1. The van der Waals surface area contributed by atoms with Gasteiger partial charge in [0.2, 0.25) is 0 Å². The van der Waals surface area contributed by atoms with E-state index in [9.17, 15) is 14.1 Å². The van der Waals surface area contributed by atoms with Crippen LogP contribution in [0, 0.1) is 5.92 Å². The Labute approximate surface area is 134 Å². The van der Waals surface area contributed by atoms with Crippen LogP contribution in [0.5, 0.6) is 5.75 Å². The quantitative estimate of drug-likeness (QED) is 0.806. The topological polar surface area (TPSA) is 75.6 Å². The molecule has 1 aromatic rings. The Balaban J connectivity index is 2.80. The molecule has 0 bridgehead atoms. The van der Waals surface area contributed by atoms with Crippen LogP contribution in [-0.4, -0.2) is 33.2 Å². The maximum Gasteiger partial charge on any atom is 0.308 e. The fourth-order valence-electron chi connectivity index (χ4n) is 1.92. The van der Waals surface area contributed by atoms with Crippen molar-refractivity contribution in [2.45, 2.75) is 44.9 Å². The van der Waals surface area contributed by atoms with Gasteiger partial charge in [-0.3, -0.25) is 4.79 Å². The third-order valence-corrected chi connectivity index (χ3v) is 5.08. The Bertz CT molecular complexity index is 522. The van der Waals surface area contributed by atoms with Crippen LogP contribution < -0.4 is 9.46 Å². The molecule has 0 unspecified atom stereocenters. The second-order valence-electron chi connectivity index (χ2n) is 6.28. The number of methoxy groups -OCH3 is 1. The number of ether oxygens (including phenoxy) is 1. The fourth-order valence-corrected chi connectivity index (χ4v) is 2.78. The molecule has 1 rings (SSSR count). The molecule has 0 fully saturated rings. The molecule has 124 valence electrons. The average Bonchev–Trinajstić information content (AvgIpc) is 2.43. The second kappa shape index (κ2) is 7.74. The van der Waals surface area contributed by atoms with Gasteiger partial charge >= 0.3 is 5.97 Å². The van der Waals surface area contributed by atoms with E-state index in [1.54, 1.807) is 26.2 Å². The van der Waals surface area contributed by atoms with E-state index in [1.807, 2.05) is 32.9 Å². The minimum Gasteiger partial charge on any atom is -0.497 e. The molecule has 1 aromatic carbocycles. The summed E-state index contributed by atoms with van der Waals surface area (Å²) in [6, 6.07) is 6.91. The van der Waals surface area contributed by atoms with Crippen molar-refractivity contribution in [1.82, 2.24) is 4.72 Å². The van der Waals surface area contributed by atoms with E-state index in [4.69, 9.17) is 4.74 Å². The molecule has 2 N–H and O–H groups in total. The van der Waals surface area contributed by atoms with Gasteiger partial charge in [-0.2, -0.15) is 0 Å². The van der Waals surface area contributed by atoms with Crippen molar-refractivity contribution in [3.8, 4) is 5.75 Å². The molecule has 6 heteroatoms. The molecule has 5 nitrogen and oxygen atoms in total. The molecule has 0 saturated heterocycles. The first-order valence-electron chi connectivity index (χ1n) is 7.19. The van der Waals surface area contributed by atoms with Crippen LogP contribution in [0.2, 0.25) is 0 Å². The first-order valence-corrected chi connectivity index (χ1v) is 8.34. The molecule has 0 aliphatic rings. The van der Waals surface area contributed by atoms with Crippen molar-refractivity contribution in [3.63, 3.8) is 0 Å². The van der Waals surface area contributed by atoms with Gasteiger partial charge in [0.1, 0.15) is 5.75 Å². The minimum atomic E-state index is -1.30. The number of hydrogen-bond acceptors (Lipinski definition) is 3. The van der Waals surface area contributed by atoms with Gasteiger partial charge in [0.05, 0.1) is 28.8 Å². The molecule has 0 aliphatic carbocycles. The van der Waals surface area contributed by atoms with Gasteiger partial charge in [-0.15, -0.1) is 0 Å². The summed E-state index contributed by atoms with van der Waals surface area (Å²) in [5.41, 5.74) is 0.906. The summed E-state index contributed by atoms with van der Waals surface area (Å²) in [7, 11) is 0.285. The number of carboxylic acids is 1. The monoisotopic (exact) mass is 327 g/mol. The van der Waals surface area contributed by atoms with Gasteiger partial charge in [0.25, 0.3) is 0 Å². The van der Waals surface area contributed by atoms with Crippen molar-refractivity contribution in [2.24, 2.45) is 5.92 Å². The van der Waals surface area contributed by atoms with Crippen molar-refractivity contribution in [2.75, 3.05) is 7.11 Å². The minimum absolute atomic E-state index is 0.370. The summed E-state index contributed by atoms with van der Waals surface area (Å²) in [4.78, 5) is 11.5. The first kappa shape index (κ1) is 18.6. The zero-order chi connectivity index (χ0) is 16.9. The summed E-state index contributed by atoms with van der Waals surface area (Å²) >= 11 is 0. The van der Waals surface area contributed by atoms with Crippen LogP contribution in [0.15, 0.2) is 24.3 Å². The molecule has 0 aromatic heterocycles. The Hall–Kier alpha value is -1.40. The van der Waals surface area contributed by atoms with Crippen LogP contribution >= 0.6 is 0 Å². The molecule has 0 radical (unpaired) electrons. The lowest BCUT2D eigenvalue weighted by Crippen LogP contribution is -2.44. The smallest absolute Gasteiger partial charge is 0.308 e. The van der Waals surface area contributed by atoms with Gasteiger partial charge in [0.15, 0.2) is 0 Å². The molecule has 0 heterocycles. The molecule has 3 atom stereocenters. The molecule has 0 spiro atoms. The highest BCUT2D eigenvalue weighted by atomic mass is 32.2. The van der Waals surface area contributed by atoms with E-state index in [0.717, 1.165) is 11.3 Å². The standard InChI is InChI=1S/C16H25NO4S/c1-11(17-22(20)16(2,3)4)14(15(18)19)10-12-6-8-13(21-5)9-7-12/h6-9,11,14,17H,10H2,1-5H3,(H,18,19)/t11-,14+,22-/m1/s1. The summed E-state index contributed by atoms with van der Waals surface area (Å²) < 4.78 is 19.7. The highest BCUT2D eigenvalue weighted by molar-refractivity contribution is 7.84. The predicted octanol–water partition coefficient (Wildman–Crippen LogP) is 2.38. The largest absolute Gasteiger partial charge is 0.497 e. The van der Waals surface area contributed by atoms with Gasteiger partial charge in [-0.05, 0) is 51.8 Å². The number of carboxylic acid groups (broad SMARTS) is 1. The maximum absolute atomic E-state index is 12.1. The number of hydrogen-bond donors (Lipinski definition) is 2. The lowest BCUT2D eigenvalue weighted by atomic mass is 9.94. The predicted molar refractivity (Wildman–Crippen MR) is 88.3 cm³/mol. The molecule has 22 heavy (non-hydrogen) atoms. The lowest BCUT2D eigenvalue weighted by Gasteiger charge is -2.25. The Morgan fingerprint density at radius 1 is 1.32 bits per heavy atom. The number of benzene rings is 1. The molecule has 0 amide bonds. The molecule has 0 aliphatic heterocycles. The van der Waals surface area contributed by atoms with E-state index in [1.165, 1.54) is 0 Å². The highest BCUT2D eigenvalue weighted by Gasteiger charge is 2.29. The van der Waals surface area contributed by atoms with E-state index in [-0.39, 0.29) is 0 Å². The van der Waals surface area contributed by atoms with E-state index in [0.29, 0.717) is 6.42 Å². The van der Waals surface area contributed by atoms with E-state index >= 15 is 0 Å². The lowest BCUT2D eigenvalue weighted by molar-refractivity contribution is -0.142. The van der Waals surface area contributed by atoms with Crippen molar-refractivity contribution in [3.05, 3.63) is 29.8 Å². The zero-order valence-electron chi connectivity index (χ0n) is 13.8. The van der Waals surface area contributed by atoms with Crippen LogP contribution in [0.3, 0.4) is 0 Å². The van der Waals surface area contributed by atoms with E-state index < -0.39 is 33.7 Å². The summed E-state index contributed by atoms with van der Waals surface area (Å²) in [5.74, 6) is -0.822. The normalized spacial score (nSPS) is 15.9.